The lowest BCUT2D eigenvalue weighted by Crippen LogP contribution is -2.12. The molecular weight excluding hydrogens is 359 g/mol. The zero-order valence-electron chi connectivity index (χ0n) is 12.9. The highest BCUT2D eigenvalue weighted by atomic mass is 35.5. The predicted molar refractivity (Wildman–Crippen MR) is 91.4 cm³/mol. The molecule has 0 amide bonds. The summed E-state index contributed by atoms with van der Waals surface area (Å²) in [5, 5.41) is 0.853. The molecule has 0 heterocycles. The average Bonchev–Trinajstić information content (AvgIpc) is 2.46. The second-order valence-corrected chi connectivity index (χ2v) is 7.26. The molecule has 0 saturated heterocycles. The lowest BCUT2D eigenvalue weighted by atomic mass is 10.1. The van der Waals surface area contributed by atoms with Crippen molar-refractivity contribution in [2.45, 2.75) is 25.7 Å². The molecule has 0 aliphatic rings. The van der Waals surface area contributed by atoms with Gasteiger partial charge in [0.15, 0.2) is 0 Å². The third kappa shape index (κ3) is 4.10. The number of halogens is 2. The molecule has 4 nitrogen and oxygen atoms in total. The number of aryl methyl sites for hydroxylation is 2. The lowest BCUT2D eigenvalue weighted by molar-refractivity contribution is 0.329. The van der Waals surface area contributed by atoms with Gasteiger partial charge in [-0.05, 0) is 62.2 Å². The summed E-state index contributed by atoms with van der Waals surface area (Å²) in [6.07, 6.45) is 0. The van der Waals surface area contributed by atoms with Crippen LogP contribution in [0.1, 0.15) is 18.1 Å². The first kappa shape index (κ1) is 17.9. The maximum atomic E-state index is 12.6. The van der Waals surface area contributed by atoms with Crippen LogP contribution in [0.3, 0.4) is 0 Å². The lowest BCUT2D eigenvalue weighted by Gasteiger charge is -2.13. The maximum absolute atomic E-state index is 12.6. The minimum absolute atomic E-state index is 0.114. The van der Waals surface area contributed by atoms with Crippen molar-refractivity contribution in [1.82, 2.24) is 0 Å². The molecule has 0 bridgehead atoms. The Hall–Kier alpha value is -1.43. The number of benzene rings is 2. The van der Waals surface area contributed by atoms with Crippen molar-refractivity contribution in [2.24, 2.45) is 0 Å². The molecule has 0 atom stereocenters. The van der Waals surface area contributed by atoms with Gasteiger partial charge in [0.1, 0.15) is 16.4 Å². The van der Waals surface area contributed by atoms with Crippen molar-refractivity contribution < 1.29 is 17.3 Å². The zero-order chi connectivity index (χ0) is 17.2. The van der Waals surface area contributed by atoms with Gasteiger partial charge >= 0.3 is 10.1 Å². The van der Waals surface area contributed by atoms with E-state index in [1.165, 1.54) is 12.1 Å². The fraction of sp³-hybridized carbons (Fsp3) is 0.250. The minimum atomic E-state index is -4.09. The van der Waals surface area contributed by atoms with Gasteiger partial charge in [-0.15, -0.1) is 0 Å². The van der Waals surface area contributed by atoms with Gasteiger partial charge in [-0.25, -0.2) is 0 Å². The molecule has 2 rings (SSSR count). The van der Waals surface area contributed by atoms with E-state index in [-0.39, 0.29) is 21.4 Å². The molecule has 0 radical (unpaired) electrons. The fourth-order valence-electron chi connectivity index (χ4n) is 2.08. The Morgan fingerprint density at radius 2 is 1.65 bits per heavy atom. The van der Waals surface area contributed by atoms with E-state index in [1.807, 2.05) is 0 Å². The summed E-state index contributed by atoms with van der Waals surface area (Å²) in [4.78, 5) is -0.114. The molecule has 124 valence electrons. The molecule has 0 aliphatic carbocycles. The van der Waals surface area contributed by atoms with Crippen LogP contribution in [0.2, 0.25) is 10.0 Å². The van der Waals surface area contributed by atoms with Crippen LogP contribution >= 0.6 is 23.2 Å². The fourth-order valence-corrected chi connectivity index (χ4v) is 3.51. The summed E-state index contributed by atoms with van der Waals surface area (Å²) in [7, 11) is -4.09. The van der Waals surface area contributed by atoms with E-state index >= 15 is 0 Å². The molecule has 0 saturated carbocycles. The van der Waals surface area contributed by atoms with E-state index in [4.69, 9.17) is 32.1 Å². The van der Waals surface area contributed by atoms with Crippen LogP contribution in [0.25, 0.3) is 0 Å². The molecule has 2 aromatic carbocycles. The van der Waals surface area contributed by atoms with E-state index in [2.05, 4.69) is 0 Å². The third-order valence-electron chi connectivity index (χ3n) is 3.09. The molecule has 0 aliphatic heterocycles. The highest BCUT2D eigenvalue weighted by Crippen LogP contribution is 2.32. The average molecular weight is 375 g/mol. The summed E-state index contributed by atoms with van der Waals surface area (Å²) >= 11 is 12.0. The van der Waals surface area contributed by atoms with Gasteiger partial charge in [0.05, 0.1) is 6.61 Å². The largest absolute Gasteiger partial charge is 0.492 e. The predicted octanol–water partition coefficient (Wildman–Crippen LogP) is 4.78. The first-order valence-corrected chi connectivity index (χ1v) is 9.04. The summed E-state index contributed by atoms with van der Waals surface area (Å²) in [5.41, 5.74) is 1.46. The Kier molecular flexibility index (Phi) is 5.45. The van der Waals surface area contributed by atoms with E-state index in [0.717, 1.165) is 11.1 Å². The van der Waals surface area contributed by atoms with Gasteiger partial charge in [-0.3, -0.25) is 0 Å². The quantitative estimate of drug-likeness (QED) is 0.706. The molecule has 0 spiro atoms. The van der Waals surface area contributed by atoms with Crippen molar-refractivity contribution in [2.75, 3.05) is 6.61 Å². The normalized spacial score (nSPS) is 11.3. The summed E-state index contributed by atoms with van der Waals surface area (Å²) in [5.74, 6) is 0.381. The second-order valence-electron chi connectivity index (χ2n) is 4.93. The molecule has 0 fully saturated rings. The standard InChI is InChI=1S/C16H16Cl2O4S/c1-4-21-14-6-5-12(17)9-15(14)23(19,20)22-13-7-10(2)16(18)11(3)8-13/h5-9H,4H2,1-3H3. The first-order valence-electron chi connectivity index (χ1n) is 6.88. The number of ether oxygens (including phenoxy) is 1. The van der Waals surface area contributed by atoms with Crippen molar-refractivity contribution >= 4 is 33.3 Å². The molecular formula is C16H16Cl2O4S. The van der Waals surface area contributed by atoms with Gasteiger partial charge in [-0.1, -0.05) is 23.2 Å². The van der Waals surface area contributed by atoms with Crippen LogP contribution in [0.15, 0.2) is 35.2 Å². The Labute approximate surface area is 146 Å². The van der Waals surface area contributed by atoms with Crippen LogP contribution in [0, 0.1) is 13.8 Å². The maximum Gasteiger partial charge on any atom is 0.342 e. The van der Waals surface area contributed by atoms with Crippen LogP contribution in [0.5, 0.6) is 11.5 Å². The third-order valence-corrected chi connectivity index (χ3v) is 5.19. The molecule has 0 N–H and O–H groups in total. The first-order chi connectivity index (χ1) is 10.7. The molecule has 23 heavy (non-hydrogen) atoms. The zero-order valence-corrected chi connectivity index (χ0v) is 15.2. The number of hydrogen-bond donors (Lipinski definition) is 0. The Bertz CT molecular complexity index is 809. The smallest absolute Gasteiger partial charge is 0.342 e. The summed E-state index contributed by atoms with van der Waals surface area (Å²) in [6, 6.07) is 7.50. The van der Waals surface area contributed by atoms with Gasteiger partial charge < -0.3 is 8.92 Å². The van der Waals surface area contributed by atoms with Gasteiger partial charge in [0.25, 0.3) is 0 Å². The Morgan fingerprint density at radius 1 is 1.04 bits per heavy atom. The number of rotatable bonds is 5. The van der Waals surface area contributed by atoms with E-state index in [9.17, 15) is 8.42 Å². The van der Waals surface area contributed by atoms with Crippen molar-refractivity contribution in [3.8, 4) is 11.5 Å². The molecule has 0 aromatic heterocycles. The van der Waals surface area contributed by atoms with Crippen molar-refractivity contribution in [1.29, 1.82) is 0 Å². The SMILES string of the molecule is CCOc1ccc(Cl)cc1S(=O)(=O)Oc1cc(C)c(Cl)c(C)c1. The Balaban J connectivity index is 2.45. The van der Waals surface area contributed by atoms with E-state index in [0.29, 0.717) is 11.6 Å². The molecule has 2 aromatic rings. The van der Waals surface area contributed by atoms with Crippen LogP contribution in [0.4, 0.5) is 0 Å². The van der Waals surface area contributed by atoms with E-state index in [1.54, 1.807) is 39.0 Å². The van der Waals surface area contributed by atoms with Crippen molar-refractivity contribution in [3.05, 3.63) is 51.5 Å². The topological polar surface area (TPSA) is 52.6 Å². The Morgan fingerprint density at radius 3 is 2.22 bits per heavy atom. The van der Waals surface area contributed by atoms with Gasteiger partial charge in [0.2, 0.25) is 0 Å². The minimum Gasteiger partial charge on any atom is -0.492 e. The molecule has 0 unspecified atom stereocenters. The number of hydrogen-bond acceptors (Lipinski definition) is 4. The van der Waals surface area contributed by atoms with Crippen molar-refractivity contribution in [3.63, 3.8) is 0 Å². The highest BCUT2D eigenvalue weighted by molar-refractivity contribution is 7.87. The second kappa shape index (κ2) is 6.99. The van der Waals surface area contributed by atoms with Crippen LogP contribution in [-0.2, 0) is 10.1 Å². The summed E-state index contributed by atoms with van der Waals surface area (Å²) in [6.45, 7) is 5.64. The van der Waals surface area contributed by atoms with E-state index < -0.39 is 10.1 Å². The van der Waals surface area contributed by atoms with Gasteiger partial charge in [0, 0.05) is 10.0 Å². The summed E-state index contributed by atoms with van der Waals surface area (Å²) < 4.78 is 35.7. The van der Waals surface area contributed by atoms with Crippen LogP contribution < -0.4 is 8.92 Å². The monoisotopic (exact) mass is 374 g/mol. The van der Waals surface area contributed by atoms with Gasteiger partial charge in [-0.2, -0.15) is 8.42 Å². The van der Waals surface area contributed by atoms with Crippen LogP contribution in [-0.4, -0.2) is 15.0 Å². The highest BCUT2D eigenvalue weighted by Gasteiger charge is 2.23. The molecule has 7 heteroatoms.